The van der Waals surface area contributed by atoms with Crippen molar-refractivity contribution in [2.24, 2.45) is 0 Å². The average molecular weight is 359 g/mol. The van der Waals surface area contributed by atoms with Gasteiger partial charge in [-0.2, -0.15) is 4.68 Å². The van der Waals surface area contributed by atoms with E-state index in [1.165, 1.54) is 0 Å². The molecule has 4 aromatic rings. The number of anilines is 1. The summed E-state index contributed by atoms with van der Waals surface area (Å²) >= 11 is 0. The number of pyridine rings is 1. The van der Waals surface area contributed by atoms with Crippen molar-refractivity contribution in [3.05, 3.63) is 60.6 Å². The Morgan fingerprint density at radius 2 is 1.81 bits per heavy atom. The number of nitrogens with zero attached hydrogens (tertiary/aromatic N) is 9. The average Bonchev–Trinajstić information content (AvgIpc) is 3.37. The summed E-state index contributed by atoms with van der Waals surface area (Å²) in [4.78, 5) is 6.54. The van der Waals surface area contributed by atoms with Crippen LogP contribution in [0.25, 0.3) is 17.2 Å². The third-order valence-corrected chi connectivity index (χ3v) is 4.65. The highest BCUT2D eigenvalue weighted by Crippen LogP contribution is 2.29. The summed E-state index contributed by atoms with van der Waals surface area (Å²) in [6.07, 6.45) is 1.77. The molecule has 0 saturated carbocycles. The highest BCUT2D eigenvalue weighted by molar-refractivity contribution is 5.50. The molecular weight excluding hydrogens is 342 g/mol. The number of para-hydroxylation sites is 1. The molecule has 27 heavy (non-hydrogen) atoms. The first-order chi connectivity index (χ1) is 13.3. The molecule has 0 aliphatic carbocycles. The molecular formula is C18H17N9. The Morgan fingerprint density at radius 1 is 0.963 bits per heavy atom. The Kier molecular flexibility index (Phi) is 3.63. The van der Waals surface area contributed by atoms with Crippen molar-refractivity contribution in [3.63, 3.8) is 0 Å². The van der Waals surface area contributed by atoms with Gasteiger partial charge in [0.2, 0.25) is 0 Å². The van der Waals surface area contributed by atoms with Crippen LogP contribution in [-0.4, -0.2) is 46.5 Å². The van der Waals surface area contributed by atoms with Crippen LogP contribution < -0.4 is 4.90 Å². The predicted molar refractivity (Wildman–Crippen MR) is 98.2 cm³/mol. The van der Waals surface area contributed by atoms with Gasteiger partial charge in [-0.3, -0.25) is 4.98 Å². The fourth-order valence-corrected chi connectivity index (χ4v) is 3.47. The first-order valence-electron chi connectivity index (χ1n) is 8.75. The lowest BCUT2D eigenvalue weighted by Gasteiger charge is -2.32. The zero-order valence-corrected chi connectivity index (χ0v) is 14.7. The van der Waals surface area contributed by atoms with Gasteiger partial charge >= 0.3 is 0 Å². The zero-order chi connectivity index (χ0) is 18.2. The number of hydrogen-bond donors (Lipinski definition) is 0. The van der Waals surface area contributed by atoms with Gasteiger partial charge in [0.15, 0.2) is 11.6 Å². The molecule has 9 heteroatoms. The molecule has 0 bridgehead atoms. The van der Waals surface area contributed by atoms with E-state index in [0.717, 1.165) is 29.6 Å². The maximum atomic E-state index is 4.41. The standard InChI is InChI=1S/C18H17N9/c1-13-11-25(18-22-23-24-27(18)14-7-3-2-4-8-14)12-16-20-21-17(26(13)16)15-9-5-6-10-19-15/h2-10,13H,11-12H2,1H3/t13-/m0/s1. The lowest BCUT2D eigenvalue weighted by molar-refractivity contribution is 0.459. The first-order valence-corrected chi connectivity index (χ1v) is 8.75. The van der Waals surface area contributed by atoms with Crippen molar-refractivity contribution in [2.75, 3.05) is 11.4 Å². The van der Waals surface area contributed by atoms with E-state index in [1.54, 1.807) is 10.9 Å². The zero-order valence-electron chi connectivity index (χ0n) is 14.7. The van der Waals surface area contributed by atoms with E-state index < -0.39 is 0 Å². The number of fused-ring (bicyclic) bond motifs is 1. The summed E-state index contributed by atoms with van der Waals surface area (Å²) in [6.45, 7) is 3.47. The van der Waals surface area contributed by atoms with E-state index in [9.17, 15) is 0 Å². The fraction of sp³-hybridized carbons (Fsp3) is 0.222. The lowest BCUT2D eigenvalue weighted by Crippen LogP contribution is -2.38. The molecule has 3 aromatic heterocycles. The van der Waals surface area contributed by atoms with Gasteiger partial charge in [0.05, 0.1) is 18.3 Å². The van der Waals surface area contributed by atoms with E-state index in [1.807, 2.05) is 48.5 Å². The SMILES string of the molecule is C[C@H]1CN(c2nnnn2-c2ccccc2)Cc2nnc(-c3ccccn3)n21. The van der Waals surface area contributed by atoms with Crippen molar-refractivity contribution in [2.45, 2.75) is 19.5 Å². The van der Waals surface area contributed by atoms with Crippen molar-refractivity contribution in [3.8, 4) is 17.2 Å². The van der Waals surface area contributed by atoms with Crippen LogP contribution >= 0.6 is 0 Å². The molecule has 0 unspecified atom stereocenters. The third kappa shape index (κ3) is 2.64. The molecule has 5 rings (SSSR count). The largest absolute Gasteiger partial charge is 0.330 e. The van der Waals surface area contributed by atoms with Crippen LogP contribution in [0.5, 0.6) is 0 Å². The second-order valence-corrected chi connectivity index (χ2v) is 6.48. The van der Waals surface area contributed by atoms with Crippen LogP contribution in [0.15, 0.2) is 54.7 Å². The smallest absolute Gasteiger partial charge is 0.250 e. The number of hydrogen-bond acceptors (Lipinski definition) is 7. The van der Waals surface area contributed by atoms with Gasteiger partial charge in [0.25, 0.3) is 5.95 Å². The lowest BCUT2D eigenvalue weighted by atomic mass is 10.2. The molecule has 9 nitrogen and oxygen atoms in total. The van der Waals surface area contributed by atoms with Gasteiger partial charge < -0.3 is 9.47 Å². The number of rotatable bonds is 3. The van der Waals surface area contributed by atoms with Gasteiger partial charge in [-0.25, -0.2) is 0 Å². The normalized spacial score (nSPS) is 16.3. The quantitative estimate of drug-likeness (QED) is 0.552. The van der Waals surface area contributed by atoms with Crippen LogP contribution in [0.3, 0.4) is 0 Å². The Balaban J connectivity index is 1.51. The molecule has 1 atom stereocenters. The molecule has 1 aliphatic rings. The minimum atomic E-state index is 0.154. The number of tetrazole rings is 1. The third-order valence-electron chi connectivity index (χ3n) is 4.65. The number of benzene rings is 1. The van der Waals surface area contributed by atoms with Crippen molar-refractivity contribution >= 4 is 5.95 Å². The molecule has 0 radical (unpaired) electrons. The summed E-state index contributed by atoms with van der Waals surface area (Å²) in [5.41, 5.74) is 1.75. The monoisotopic (exact) mass is 359 g/mol. The Morgan fingerprint density at radius 3 is 2.63 bits per heavy atom. The summed E-state index contributed by atoms with van der Waals surface area (Å²) in [5, 5.41) is 21.1. The number of aromatic nitrogens is 8. The summed E-state index contributed by atoms with van der Waals surface area (Å²) in [5.74, 6) is 2.36. The van der Waals surface area contributed by atoms with E-state index in [2.05, 4.69) is 47.1 Å². The van der Waals surface area contributed by atoms with Gasteiger partial charge in [-0.15, -0.1) is 10.2 Å². The van der Waals surface area contributed by atoms with E-state index >= 15 is 0 Å². The van der Waals surface area contributed by atoms with Crippen molar-refractivity contribution < 1.29 is 0 Å². The van der Waals surface area contributed by atoms with Gasteiger partial charge in [0, 0.05) is 12.7 Å². The molecule has 0 N–H and O–H groups in total. The van der Waals surface area contributed by atoms with Crippen LogP contribution in [0, 0.1) is 0 Å². The Bertz CT molecular complexity index is 1050. The summed E-state index contributed by atoms with van der Waals surface area (Å²) in [6, 6.07) is 15.8. The minimum absolute atomic E-state index is 0.154. The molecule has 0 amide bonds. The Hall–Kier alpha value is -3.62. The maximum Gasteiger partial charge on any atom is 0.250 e. The van der Waals surface area contributed by atoms with Crippen LogP contribution in [0.2, 0.25) is 0 Å². The van der Waals surface area contributed by atoms with E-state index in [-0.39, 0.29) is 6.04 Å². The summed E-state index contributed by atoms with van der Waals surface area (Å²) < 4.78 is 3.90. The molecule has 0 saturated heterocycles. The Labute approximate surface area is 155 Å². The predicted octanol–water partition coefficient (Wildman–Crippen LogP) is 1.90. The molecule has 134 valence electrons. The van der Waals surface area contributed by atoms with Crippen molar-refractivity contribution in [1.82, 2.24) is 40.0 Å². The topological polar surface area (TPSA) is 90.4 Å². The molecule has 0 spiro atoms. The fourth-order valence-electron chi connectivity index (χ4n) is 3.47. The highest BCUT2D eigenvalue weighted by atomic mass is 15.6. The van der Waals surface area contributed by atoms with Crippen LogP contribution in [-0.2, 0) is 6.54 Å². The molecule has 1 aromatic carbocycles. The minimum Gasteiger partial charge on any atom is -0.330 e. The molecule has 0 fully saturated rings. The van der Waals surface area contributed by atoms with E-state index in [0.29, 0.717) is 12.5 Å². The van der Waals surface area contributed by atoms with Crippen molar-refractivity contribution in [1.29, 1.82) is 0 Å². The van der Waals surface area contributed by atoms with Crippen LogP contribution in [0.1, 0.15) is 18.8 Å². The van der Waals surface area contributed by atoms with Gasteiger partial charge in [-0.05, 0) is 41.6 Å². The molecule has 1 aliphatic heterocycles. The maximum absolute atomic E-state index is 4.41. The van der Waals surface area contributed by atoms with Crippen LogP contribution in [0.4, 0.5) is 5.95 Å². The van der Waals surface area contributed by atoms with E-state index in [4.69, 9.17) is 0 Å². The second kappa shape index (κ2) is 6.27. The second-order valence-electron chi connectivity index (χ2n) is 6.48. The van der Waals surface area contributed by atoms with Gasteiger partial charge in [-0.1, -0.05) is 29.4 Å². The van der Waals surface area contributed by atoms with Gasteiger partial charge in [0.1, 0.15) is 5.69 Å². The summed E-state index contributed by atoms with van der Waals surface area (Å²) in [7, 11) is 0. The first kappa shape index (κ1) is 15.6. The molecule has 4 heterocycles. The highest BCUT2D eigenvalue weighted by Gasteiger charge is 2.30.